The molecule has 0 saturated carbocycles. The van der Waals surface area contributed by atoms with Crippen molar-refractivity contribution in [1.29, 1.82) is 0 Å². The highest BCUT2D eigenvalue weighted by atomic mass is 16.4. The van der Waals surface area contributed by atoms with Crippen LogP contribution < -0.4 is 15.5 Å². The van der Waals surface area contributed by atoms with Gasteiger partial charge in [-0.2, -0.15) is 15.0 Å². The van der Waals surface area contributed by atoms with Crippen LogP contribution in [0, 0.1) is 13.8 Å². The van der Waals surface area contributed by atoms with E-state index in [0.29, 0.717) is 24.1 Å². The summed E-state index contributed by atoms with van der Waals surface area (Å²) in [5.41, 5.74) is 2.72. The second kappa shape index (κ2) is 9.31. The molecule has 1 aliphatic rings. The minimum atomic E-state index is -0.369. The van der Waals surface area contributed by atoms with Crippen LogP contribution in [0.1, 0.15) is 34.4 Å². The number of rotatable bonds is 6. The number of aryl methyl sites for hydroxylation is 3. The molecule has 168 valence electrons. The molecule has 0 bridgehead atoms. The van der Waals surface area contributed by atoms with Gasteiger partial charge >= 0.3 is 6.01 Å². The summed E-state index contributed by atoms with van der Waals surface area (Å²) < 4.78 is 5.62. The van der Waals surface area contributed by atoms with Crippen molar-refractivity contribution in [3.63, 3.8) is 0 Å². The number of aromatic nitrogens is 4. The van der Waals surface area contributed by atoms with E-state index in [-0.39, 0.29) is 17.7 Å². The molecule has 10 nitrogen and oxygen atoms in total. The third-order valence-corrected chi connectivity index (χ3v) is 5.44. The predicted octanol–water partition coefficient (Wildman–Crippen LogP) is 2.79. The lowest BCUT2D eigenvalue weighted by molar-refractivity contribution is 0.0997. The number of hydrogen-bond acceptors (Lipinski definition) is 9. The molecule has 1 saturated heterocycles. The van der Waals surface area contributed by atoms with Crippen LogP contribution in [0.15, 0.2) is 28.8 Å². The number of carbonyl (C=O) groups is 1. The first kappa shape index (κ1) is 21.7. The third-order valence-electron chi connectivity index (χ3n) is 5.44. The standard InChI is InChI=1S/C22H28N8O2/c1-5-17-24-20(27-21(25-17)30-11-9-29(4)10-12-30)28-22-23-13-16(32-22)19(31)26-18-14(2)7-6-8-15(18)3/h6-8,13H,5,9-12H2,1-4H3,(H,26,31)(H,23,24,25,27,28). The summed E-state index contributed by atoms with van der Waals surface area (Å²) >= 11 is 0. The smallest absolute Gasteiger partial charge is 0.302 e. The molecule has 1 aromatic carbocycles. The molecule has 3 aromatic rings. The monoisotopic (exact) mass is 436 g/mol. The fourth-order valence-corrected chi connectivity index (χ4v) is 3.49. The molecule has 4 rings (SSSR count). The van der Waals surface area contributed by atoms with Gasteiger partial charge in [0, 0.05) is 38.3 Å². The molecule has 2 N–H and O–H groups in total. The molecule has 0 unspecified atom stereocenters. The Morgan fingerprint density at radius 2 is 1.81 bits per heavy atom. The first-order valence-corrected chi connectivity index (χ1v) is 10.7. The zero-order chi connectivity index (χ0) is 22.7. The van der Waals surface area contributed by atoms with E-state index in [0.717, 1.165) is 43.0 Å². The van der Waals surface area contributed by atoms with Crippen molar-refractivity contribution >= 4 is 29.5 Å². The maximum Gasteiger partial charge on any atom is 0.302 e. The predicted molar refractivity (Wildman–Crippen MR) is 123 cm³/mol. The number of benzene rings is 1. The number of nitrogens with one attached hydrogen (secondary N) is 2. The number of likely N-dealkylation sites (N-methyl/N-ethyl adjacent to an activating group) is 1. The van der Waals surface area contributed by atoms with Crippen LogP contribution in [0.3, 0.4) is 0 Å². The average Bonchev–Trinajstić information content (AvgIpc) is 3.25. The Morgan fingerprint density at radius 1 is 1.09 bits per heavy atom. The Labute approximate surface area is 187 Å². The van der Waals surface area contributed by atoms with Gasteiger partial charge in [0.05, 0.1) is 6.20 Å². The normalized spacial score (nSPS) is 14.4. The SMILES string of the molecule is CCc1nc(Nc2ncc(C(=O)Nc3c(C)cccc3C)o2)nc(N2CCN(C)CC2)n1. The lowest BCUT2D eigenvalue weighted by atomic mass is 10.1. The van der Waals surface area contributed by atoms with Crippen LogP contribution in [0.2, 0.25) is 0 Å². The summed E-state index contributed by atoms with van der Waals surface area (Å²) in [6.45, 7) is 9.49. The molecule has 0 atom stereocenters. The van der Waals surface area contributed by atoms with Crippen molar-refractivity contribution in [2.24, 2.45) is 0 Å². The van der Waals surface area contributed by atoms with E-state index in [1.807, 2.05) is 39.0 Å². The molecule has 3 heterocycles. The van der Waals surface area contributed by atoms with E-state index in [1.54, 1.807) is 0 Å². The van der Waals surface area contributed by atoms with Crippen LogP contribution >= 0.6 is 0 Å². The fraction of sp³-hybridized carbons (Fsp3) is 0.409. The zero-order valence-electron chi connectivity index (χ0n) is 18.8. The van der Waals surface area contributed by atoms with Crippen molar-refractivity contribution in [3.05, 3.63) is 47.1 Å². The van der Waals surface area contributed by atoms with Gasteiger partial charge in [-0.05, 0) is 32.0 Å². The summed E-state index contributed by atoms with van der Waals surface area (Å²) in [4.78, 5) is 34.8. The molecule has 10 heteroatoms. The molecule has 0 spiro atoms. The van der Waals surface area contributed by atoms with Gasteiger partial charge in [0.25, 0.3) is 5.91 Å². The van der Waals surface area contributed by atoms with E-state index in [4.69, 9.17) is 4.42 Å². The fourth-order valence-electron chi connectivity index (χ4n) is 3.49. The number of carbonyl (C=O) groups excluding carboxylic acids is 1. The summed E-state index contributed by atoms with van der Waals surface area (Å²) in [6.07, 6.45) is 2.06. The van der Waals surface area contributed by atoms with Gasteiger partial charge in [-0.1, -0.05) is 25.1 Å². The topological polar surface area (TPSA) is 112 Å². The van der Waals surface area contributed by atoms with Gasteiger partial charge in [-0.25, -0.2) is 4.98 Å². The molecule has 0 radical (unpaired) electrons. The molecule has 1 amide bonds. The molecular weight excluding hydrogens is 408 g/mol. The lowest BCUT2D eigenvalue weighted by Crippen LogP contribution is -2.45. The maximum atomic E-state index is 12.6. The Kier molecular flexibility index (Phi) is 6.31. The second-order valence-electron chi connectivity index (χ2n) is 7.89. The van der Waals surface area contributed by atoms with E-state index in [1.165, 1.54) is 6.20 Å². The van der Waals surface area contributed by atoms with Crippen molar-refractivity contribution in [3.8, 4) is 0 Å². The van der Waals surface area contributed by atoms with Crippen LogP contribution in [-0.2, 0) is 6.42 Å². The minimum absolute atomic E-state index is 0.0965. The van der Waals surface area contributed by atoms with Crippen molar-refractivity contribution in [2.45, 2.75) is 27.2 Å². The molecule has 1 fully saturated rings. The van der Waals surface area contributed by atoms with E-state index >= 15 is 0 Å². The number of para-hydroxylation sites is 1. The van der Waals surface area contributed by atoms with Gasteiger partial charge in [0.2, 0.25) is 17.7 Å². The van der Waals surface area contributed by atoms with Gasteiger partial charge in [-0.3, -0.25) is 10.1 Å². The molecule has 0 aliphatic carbocycles. The quantitative estimate of drug-likeness (QED) is 0.602. The van der Waals surface area contributed by atoms with Gasteiger partial charge in [-0.15, -0.1) is 0 Å². The minimum Gasteiger partial charge on any atom is -0.418 e. The van der Waals surface area contributed by atoms with E-state index in [2.05, 4.69) is 47.4 Å². The van der Waals surface area contributed by atoms with Gasteiger partial charge in [0.1, 0.15) is 5.82 Å². The highest BCUT2D eigenvalue weighted by Crippen LogP contribution is 2.22. The first-order chi connectivity index (χ1) is 15.4. The maximum absolute atomic E-state index is 12.6. The summed E-state index contributed by atoms with van der Waals surface area (Å²) in [5, 5.41) is 5.87. The molecule has 1 aliphatic heterocycles. The Morgan fingerprint density at radius 3 is 2.50 bits per heavy atom. The molecule has 2 aromatic heterocycles. The number of anilines is 4. The van der Waals surface area contributed by atoms with Crippen molar-refractivity contribution < 1.29 is 9.21 Å². The number of oxazole rings is 1. The van der Waals surface area contributed by atoms with Gasteiger partial charge < -0.3 is 19.5 Å². The number of piperazine rings is 1. The third kappa shape index (κ3) is 4.86. The number of hydrogen-bond donors (Lipinski definition) is 2. The summed E-state index contributed by atoms with van der Waals surface area (Å²) in [7, 11) is 2.10. The first-order valence-electron chi connectivity index (χ1n) is 10.7. The van der Waals surface area contributed by atoms with E-state index < -0.39 is 0 Å². The second-order valence-corrected chi connectivity index (χ2v) is 7.89. The van der Waals surface area contributed by atoms with Crippen molar-refractivity contribution in [2.75, 3.05) is 48.8 Å². The molecule has 32 heavy (non-hydrogen) atoms. The Hall–Kier alpha value is -3.53. The van der Waals surface area contributed by atoms with Crippen LogP contribution in [0.4, 0.5) is 23.6 Å². The number of nitrogens with zero attached hydrogens (tertiary/aromatic N) is 6. The highest BCUT2D eigenvalue weighted by molar-refractivity contribution is 6.03. The average molecular weight is 437 g/mol. The zero-order valence-corrected chi connectivity index (χ0v) is 18.8. The van der Waals surface area contributed by atoms with E-state index in [9.17, 15) is 4.79 Å². The Bertz CT molecular complexity index is 1080. The summed E-state index contributed by atoms with van der Waals surface area (Å²) in [6, 6.07) is 5.99. The Balaban J connectivity index is 1.49. The highest BCUT2D eigenvalue weighted by Gasteiger charge is 2.20. The largest absolute Gasteiger partial charge is 0.418 e. The van der Waals surface area contributed by atoms with Crippen LogP contribution in [0.5, 0.6) is 0 Å². The van der Waals surface area contributed by atoms with Gasteiger partial charge in [0.15, 0.2) is 0 Å². The molecular formula is C22H28N8O2. The van der Waals surface area contributed by atoms with Crippen LogP contribution in [-0.4, -0.2) is 64.0 Å². The van der Waals surface area contributed by atoms with Crippen LogP contribution in [0.25, 0.3) is 0 Å². The summed E-state index contributed by atoms with van der Waals surface area (Å²) in [5.74, 6) is 1.38. The lowest BCUT2D eigenvalue weighted by Gasteiger charge is -2.32. The van der Waals surface area contributed by atoms with Crippen molar-refractivity contribution in [1.82, 2.24) is 24.8 Å². The number of amides is 1.